The fourth-order valence-electron chi connectivity index (χ4n) is 1.52. The molecule has 0 aliphatic carbocycles. The summed E-state index contributed by atoms with van der Waals surface area (Å²) in [6.45, 7) is 2.75. The van der Waals surface area contributed by atoms with Crippen LogP contribution in [-0.2, 0) is 4.74 Å². The van der Waals surface area contributed by atoms with Gasteiger partial charge in [0.25, 0.3) is 0 Å². The van der Waals surface area contributed by atoms with E-state index in [1.54, 1.807) is 13.3 Å². The fourth-order valence-corrected chi connectivity index (χ4v) is 1.69. The van der Waals surface area contributed by atoms with Crippen molar-refractivity contribution >= 4 is 28.5 Å². The Kier molecular flexibility index (Phi) is 3.75. The van der Waals surface area contributed by atoms with Crippen LogP contribution in [0.5, 0.6) is 0 Å². The predicted octanol–water partition coefficient (Wildman–Crippen LogP) is 1.84. The summed E-state index contributed by atoms with van der Waals surface area (Å²) < 4.78 is 5.03. The molecular weight excluding hydrogens is 242 g/mol. The van der Waals surface area contributed by atoms with Crippen LogP contribution >= 0.6 is 11.6 Å². The average molecular weight is 256 g/mol. The smallest absolute Gasteiger partial charge is 0.226 e. The van der Waals surface area contributed by atoms with Gasteiger partial charge in [-0.3, -0.25) is 5.10 Å². The number of hydrogen-bond acceptors (Lipinski definition) is 5. The van der Waals surface area contributed by atoms with Crippen molar-refractivity contribution in [2.75, 3.05) is 19.0 Å². The van der Waals surface area contributed by atoms with Gasteiger partial charge in [-0.25, -0.2) is 0 Å². The van der Waals surface area contributed by atoms with Crippen LogP contribution < -0.4 is 5.32 Å². The molecule has 2 rings (SSSR count). The van der Waals surface area contributed by atoms with Crippen LogP contribution in [0.1, 0.15) is 13.3 Å². The normalized spacial score (nSPS) is 12.9. The van der Waals surface area contributed by atoms with Crippen LogP contribution in [0.4, 0.5) is 5.82 Å². The maximum absolute atomic E-state index is 5.83. The number of ether oxygens (including phenoxy) is 1. The Morgan fingerprint density at radius 2 is 2.35 bits per heavy atom. The first-order valence-corrected chi connectivity index (χ1v) is 5.70. The Labute approximate surface area is 104 Å². The lowest BCUT2D eigenvalue weighted by atomic mass is 10.2. The molecule has 0 spiro atoms. The average Bonchev–Trinajstić information content (AvgIpc) is 2.74. The van der Waals surface area contributed by atoms with Crippen molar-refractivity contribution in [1.29, 1.82) is 0 Å². The molecule has 0 fully saturated rings. The number of anilines is 1. The Morgan fingerprint density at radius 3 is 3.12 bits per heavy atom. The lowest BCUT2D eigenvalue weighted by Gasteiger charge is -2.14. The third kappa shape index (κ3) is 2.83. The Hall–Kier alpha value is -1.40. The fraction of sp³-hybridized carbons (Fsp3) is 0.500. The van der Waals surface area contributed by atoms with E-state index in [1.807, 2.05) is 0 Å². The van der Waals surface area contributed by atoms with E-state index >= 15 is 0 Å². The number of halogens is 1. The molecule has 7 heteroatoms. The summed E-state index contributed by atoms with van der Waals surface area (Å²) in [7, 11) is 1.68. The van der Waals surface area contributed by atoms with Gasteiger partial charge in [0.2, 0.25) is 5.28 Å². The SMILES string of the molecule is COCCC(C)Nc1nc(Cl)nc2[nH]ncc12. The molecule has 2 aromatic heterocycles. The maximum Gasteiger partial charge on any atom is 0.226 e. The molecule has 1 unspecified atom stereocenters. The van der Waals surface area contributed by atoms with E-state index in [1.165, 1.54) is 0 Å². The summed E-state index contributed by atoms with van der Waals surface area (Å²) in [6, 6.07) is 0.235. The third-order valence-electron chi connectivity index (χ3n) is 2.42. The van der Waals surface area contributed by atoms with Crippen molar-refractivity contribution < 1.29 is 4.74 Å². The van der Waals surface area contributed by atoms with Crippen molar-refractivity contribution in [2.45, 2.75) is 19.4 Å². The number of nitrogens with zero attached hydrogens (tertiary/aromatic N) is 3. The standard InChI is InChI=1S/C10H14ClN5O/c1-6(3-4-17-2)13-8-7-5-12-16-9(7)15-10(11)14-8/h5-6H,3-4H2,1-2H3,(H2,12,13,14,15,16). The summed E-state index contributed by atoms with van der Waals surface area (Å²) in [4.78, 5) is 8.20. The van der Waals surface area contributed by atoms with Crippen LogP contribution in [0.25, 0.3) is 11.0 Å². The highest BCUT2D eigenvalue weighted by Gasteiger charge is 2.10. The van der Waals surface area contributed by atoms with Gasteiger partial charge in [0.1, 0.15) is 5.82 Å². The zero-order valence-corrected chi connectivity index (χ0v) is 10.5. The zero-order valence-electron chi connectivity index (χ0n) is 9.70. The van der Waals surface area contributed by atoms with E-state index < -0.39 is 0 Å². The monoisotopic (exact) mass is 255 g/mol. The van der Waals surface area contributed by atoms with Gasteiger partial charge in [0.05, 0.1) is 11.6 Å². The molecule has 92 valence electrons. The number of hydrogen-bond donors (Lipinski definition) is 2. The molecule has 0 aliphatic rings. The Balaban J connectivity index is 2.19. The van der Waals surface area contributed by atoms with Gasteiger partial charge in [-0.05, 0) is 24.9 Å². The van der Waals surface area contributed by atoms with Crippen LogP contribution in [-0.4, -0.2) is 39.9 Å². The molecule has 2 heterocycles. The molecule has 2 aromatic rings. The van der Waals surface area contributed by atoms with Gasteiger partial charge in [-0.2, -0.15) is 15.1 Å². The summed E-state index contributed by atoms with van der Waals surface area (Å²) in [6.07, 6.45) is 2.56. The highest BCUT2D eigenvalue weighted by atomic mass is 35.5. The van der Waals surface area contributed by atoms with E-state index in [2.05, 4.69) is 32.4 Å². The lowest BCUT2D eigenvalue weighted by molar-refractivity contribution is 0.191. The van der Waals surface area contributed by atoms with E-state index in [-0.39, 0.29) is 11.3 Å². The minimum atomic E-state index is 0.197. The van der Waals surface area contributed by atoms with Crippen molar-refractivity contribution in [3.63, 3.8) is 0 Å². The first kappa shape index (κ1) is 12.1. The number of H-pyrrole nitrogens is 1. The van der Waals surface area contributed by atoms with Gasteiger partial charge in [0.15, 0.2) is 5.65 Å². The van der Waals surface area contributed by atoms with Gasteiger partial charge in [-0.15, -0.1) is 0 Å². The Bertz CT molecular complexity index is 500. The van der Waals surface area contributed by atoms with Crippen molar-refractivity contribution in [1.82, 2.24) is 20.2 Å². The number of methoxy groups -OCH3 is 1. The second-order valence-corrected chi connectivity index (χ2v) is 4.14. The molecule has 0 aromatic carbocycles. The number of aromatic nitrogens is 4. The molecular formula is C10H14ClN5O. The number of nitrogens with one attached hydrogen (secondary N) is 2. The van der Waals surface area contributed by atoms with E-state index in [4.69, 9.17) is 16.3 Å². The van der Waals surface area contributed by atoms with Gasteiger partial charge >= 0.3 is 0 Å². The second-order valence-electron chi connectivity index (χ2n) is 3.80. The summed E-state index contributed by atoms with van der Waals surface area (Å²) in [5.74, 6) is 0.692. The third-order valence-corrected chi connectivity index (χ3v) is 2.59. The van der Waals surface area contributed by atoms with Gasteiger partial charge in [0, 0.05) is 19.8 Å². The van der Waals surface area contributed by atoms with Crippen molar-refractivity contribution in [3.8, 4) is 0 Å². The maximum atomic E-state index is 5.83. The molecule has 1 atom stereocenters. The predicted molar refractivity (Wildman–Crippen MR) is 66.3 cm³/mol. The van der Waals surface area contributed by atoms with Crippen molar-refractivity contribution in [2.24, 2.45) is 0 Å². The highest BCUT2D eigenvalue weighted by molar-refractivity contribution is 6.28. The molecule has 6 nitrogen and oxygen atoms in total. The summed E-state index contributed by atoms with van der Waals surface area (Å²) in [5, 5.41) is 11.0. The molecule has 0 radical (unpaired) electrons. The zero-order chi connectivity index (χ0) is 12.3. The second kappa shape index (κ2) is 5.29. The van der Waals surface area contributed by atoms with E-state index in [0.717, 1.165) is 11.8 Å². The number of fused-ring (bicyclic) bond motifs is 1. The molecule has 2 N–H and O–H groups in total. The largest absolute Gasteiger partial charge is 0.385 e. The molecule has 0 bridgehead atoms. The molecule has 0 saturated carbocycles. The van der Waals surface area contributed by atoms with Gasteiger partial charge < -0.3 is 10.1 Å². The van der Waals surface area contributed by atoms with Crippen LogP contribution in [0.3, 0.4) is 0 Å². The quantitative estimate of drug-likeness (QED) is 0.798. The lowest BCUT2D eigenvalue weighted by Crippen LogP contribution is -2.18. The minimum Gasteiger partial charge on any atom is -0.385 e. The van der Waals surface area contributed by atoms with Crippen LogP contribution in [0.2, 0.25) is 5.28 Å². The Morgan fingerprint density at radius 1 is 1.53 bits per heavy atom. The van der Waals surface area contributed by atoms with E-state index in [0.29, 0.717) is 18.1 Å². The summed E-state index contributed by atoms with van der Waals surface area (Å²) in [5.41, 5.74) is 0.631. The van der Waals surface area contributed by atoms with Gasteiger partial charge in [-0.1, -0.05) is 0 Å². The molecule has 0 saturated heterocycles. The topological polar surface area (TPSA) is 75.7 Å². The minimum absolute atomic E-state index is 0.197. The number of rotatable bonds is 5. The molecule has 0 amide bonds. The first-order chi connectivity index (χ1) is 8.20. The van der Waals surface area contributed by atoms with Crippen LogP contribution in [0.15, 0.2) is 6.20 Å². The van der Waals surface area contributed by atoms with Crippen LogP contribution in [0, 0.1) is 0 Å². The van der Waals surface area contributed by atoms with Crippen molar-refractivity contribution in [3.05, 3.63) is 11.5 Å². The first-order valence-electron chi connectivity index (χ1n) is 5.33. The summed E-state index contributed by atoms with van der Waals surface area (Å²) >= 11 is 5.83. The van der Waals surface area contributed by atoms with E-state index in [9.17, 15) is 0 Å². The molecule has 0 aliphatic heterocycles. The number of aromatic amines is 1. The molecule has 17 heavy (non-hydrogen) atoms. The highest BCUT2D eigenvalue weighted by Crippen LogP contribution is 2.20.